The van der Waals surface area contributed by atoms with Gasteiger partial charge in [-0.2, -0.15) is 0 Å². The molecule has 170 valence electrons. The lowest BCUT2D eigenvalue weighted by Gasteiger charge is -2.33. The molecule has 2 N–H and O–H groups in total. The van der Waals surface area contributed by atoms with Crippen LogP contribution in [0.5, 0.6) is 0 Å². The smallest absolute Gasteiger partial charge is 0.341 e. The van der Waals surface area contributed by atoms with Gasteiger partial charge in [-0.1, -0.05) is 32.9 Å². The van der Waals surface area contributed by atoms with E-state index in [-0.39, 0.29) is 23.7 Å². The first-order valence-corrected chi connectivity index (χ1v) is 12.5. The Kier molecular flexibility index (Phi) is 6.36. The lowest BCUT2D eigenvalue weighted by Crippen LogP contribution is -2.32. The number of rotatable bonds is 4. The minimum Gasteiger partial charge on any atom is -0.465 e. The van der Waals surface area contributed by atoms with Crippen molar-refractivity contribution in [3.05, 3.63) is 40.3 Å². The van der Waals surface area contributed by atoms with Gasteiger partial charge in [0.15, 0.2) is 0 Å². The van der Waals surface area contributed by atoms with Gasteiger partial charge in [0.25, 0.3) is 0 Å². The number of fused-ring (bicyclic) bond motifs is 2. The van der Waals surface area contributed by atoms with Crippen molar-refractivity contribution < 1.29 is 19.1 Å². The normalized spacial score (nSPS) is 20.1. The number of carbonyl (C=O) groups is 3. The number of esters is 1. The zero-order valence-corrected chi connectivity index (χ0v) is 20.4. The van der Waals surface area contributed by atoms with Crippen LogP contribution in [0, 0.1) is 11.3 Å². The summed E-state index contributed by atoms with van der Waals surface area (Å²) in [6.07, 6.45) is 2.72. The van der Waals surface area contributed by atoms with Crippen molar-refractivity contribution in [2.24, 2.45) is 11.3 Å². The predicted molar refractivity (Wildman–Crippen MR) is 129 cm³/mol. The topological polar surface area (TPSA) is 84.5 Å². The van der Waals surface area contributed by atoms with Crippen LogP contribution in [0.15, 0.2) is 29.2 Å². The minimum atomic E-state index is -0.522. The Bertz CT molecular complexity index is 1070. The number of amides is 2. The van der Waals surface area contributed by atoms with Gasteiger partial charge in [-0.15, -0.1) is 23.1 Å². The molecule has 8 heteroatoms. The lowest BCUT2D eigenvalue weighted by atomic mass is 9.72. The van der Waals surface area contributed by atoms with Gasteiger partial charge in [0.1, 0.15) is 5.00 Å². The molecule has 1 aliphatic carbocycles. The molecule has 0 radical (unpaired) electrons. The summed E-state index contributed by atoms with van der Waals surface area (Å²) < 4.78 is 5.03. The van der Waals surface area contributed by atoms with Crippen molar-refractivity contribution in [1.29, 1.82) is 0 Å². The van der Waals surface area contributed by atoms with E-state index in [1.807, 2.05) is 24.3 Å². The average molecular weight is 473 g/mol. The average Bonchev–Trinajstić information content (AvgIpc) is 3.09. The number of benzene rings is 1. The van der Waals surface area contributed by atoms with Crippen molar-refractivity contribution in [3.8, 4) is 0 Å². The molecular formula is C24H28N2O4S2. The van der Waals surface area contributed by atoms with E-state index >= 15 is 0 Å². The molecule has 0 fully saturated rings. The highest BCUT2D eigenvalue weighted by molar-refractivity contribution is 8.01. The molecule has 2 heterocycles. The number of carbonyl (C=O) groups excluding carboxylic acids is 3. The van der Waals surface area contributed by atoms with Crippen LogP contribution in [-0.4, -0.2) is 30.1 Å². The molecule has 6 nitrogen and oxygen atoms in total. The highest BCUT2D eigenvalue weighted by atomic mass is 32.2. The number of nitrogens with one attached hydrogen (secondary N) is 2. The van der Waals surface area contributed by atoms with Crippen LogP contribution >= 0.6 is 23.1 Å². The highest BCUT2D eigenvalue weighted by Crippen LogP contribution is 2.44. The molecule has 1 aromatic heterocycles. The van der Waals surface area contributed by atoms with E-state index in [2.05, 4.69) is 31.4 Å². The number of methoxy groups -OCH3 is 1. The van der Waals surface area contributed by atoms with Gasteiger partial charge in [0.05, 0.1) is 23.6 Å². The Morgan fingerprint density at radius 3 is 2.72 bits per heavy atom. The molecule has 2 aromatic rings. The number of thioether (sulfide) groups is 1. The molecular weight excluding hydrogens is 444 g/mol. The number of ether oxygens (including phenoxy) is 1. The summed E-state index contributed by atoms with van der Waals surface area (Å²) in [4.78, 5) is 40.0. The summed E-state index contributed by atoms with van der Waals surface area (Å²) in [5, 5.41) is 5.79. The van der Waals surface area contributed by atoms with E-state index in [4.69, 9.17) is 4.74 Å². The maximum Gasteiger partial charge on any atom is 0.341 e. The molecule has 0 spiro atoms. The van der Waals surface area contributed by atoms with Gasteiger partial charge >= 0.3 is 5.97 Å². The molecule has 1 aliphatic heterocycles. The fourth-order valence-corrected chi connectivity index (χ4v) is 6.75. The molecule has 4 rings (SSSR count). The monoisotopic (exact) mass is 472 g/mol. The molecule has 1 aromatic carbocycles. The van der Waals surface area contributed by atoms with Crippen LogP contribution < -0.4 is 10.6 Å². The summed E-state index contributed by atoms with van der Waals surface area (Å²) in [5.41, 5.74) is 2.42. The zero-order valence-electron chi connectivity index (χ0n) is 18.7. The second-order valence-electron chi connectivity index (χ2n) is 9.35. The first-order chi connectivity index (χ1) is 15.2. The molecule has 0 saturated carbocycles. The largest absolute Gasteiger partial charge is 0.465 e. The van der Waals surface area contributed by atoms with Crippen LogP contribution in [-0.2, 0) is 27.2 Å². The second kappa shape index (κ2) is 8.90. The van der Waals surface area contributed by atoms with Gasteiger partial charge in [-0.05, 0) is 48.3 Å². The third kappa shape index (κ3) is 4.57. The fourth-order valence-electron chi connectivity index (χ4n) is 4.30. The van der Waals surface area contributed by atoms with E-state index in [1.54, 1.807) is 0 Å². The third-order valence-electron chi connectivity index (χ3n) is 6.21. The molecule has 0 saturated heterocycles. The van der Waals surface area contributed by atoms with Gasteiger partial charge < -0.3 is 15.4 Å². The quantitative estimate of drug-likeness (QED) is 0.603. The van der Waals surface area contributed by atoms with Crippen LogP contribution in [0.2, 0.25) is 0 Å². The van der Waals surface area contributed by atoms with E-state index in [9.17, 15) is 14.4 Å². The Balaban J connectivity index is 1.53. The number of thiophene rings is 1. The maximum absolute atomic E-state index is 12.9. The van der Waals surface area contributed by atoms with Gasteiger partial charge in [0, 0.05) is 16.2 Å². The summed E-state index contributed by atoms with van der Waals surface area (Å²) in [6, 6.07) is 7.55. The van der Waals surface area contributed by atoms with Crippen molar-refractivity contribution in [2.45, 2.75) is 56.6 Å². The molecule has 32 heavy (non-hydrogen) atoms. The lowest BCUT2D eigenvalue weighted by molar-refractivity contribution is -0.120. The van der Waals surface area contributed by atoms with E-state index < -0.39 is 11.2 Å². The molecule has 2 aliphatic rings. The van der Waals surface area contributed by atoms with Gasteiger partial charge in [-0.3, -0.25) is 9.59 Å². The Morgan fingerprint density at radius 2 is 2.00 bits per heavy atom. The Hall–Kier alpha value is -2.32. The van der Waals surface area contributed by atoms with Crippen molar-refractivity contribution >= 4 is 51.6 Å². The van der Waals surface area contributed by atoms with Crippen LogP contribution in [0.3, 0.4) is 0 Å². The van der Waals surface area contributed by atoms with E-state index in [1.165, 1.54) is 30.2 Å². The molecule has 2 atom stereocenters. The number of anilines is 2. The van der Waals surface area contributed by atoms with Crippen molar-refractivity contribution in [3.63, 3.8) is 0 Å². The number of para-hydroxylation sites is 1. The number of hydrogen-bond donors (Lipinski definition) is 2. The fraction of sp³-hybridized carbons (Fsp3) is 0.458. The summed E-state index contributed by atoms with van der Waals surface area (Å²) in [6.45, 7) is 6.72. The van der Waals surface area contributed by atoms with Crippen LogP contribution in [0.4, 0.5) is 10.7 Å². The summed E-state index contributed by atoms with van der Waals surface area (Å²) in [7, 11) is 1.36. The Labute approximate surface area is 196 Å². The van der Waals surface area contributed by atoms with E-state index in [0.717, 1.165) is 40.3 Å². The second-order valence-corrected chi connectivity index (χ2v) is 11.7. The first-order valence-electron chi connectivity index (χ1n) is 10.8. The van der Waals surface area contributed by atoms with Crippen molar-refractivity contribution in [1.82, 2.24) is 0 Å². The molecule has 0 bridgehead atoms. The predicted octanol–water partition coefficient (Wildman–Crippen LogP) is 5.13. The summed E-state index contributed by atoms with van der Waals surface area (Å²) >= 11 is 2.85. The van der Waals surface area contributed by atoms with Gasteiger partial charge in [-0.25, -0.2) is 4.79 Å². The first kappa shape index (κ1) is 22.9. The van der Waals surface area contributed by atoms with Crippen molar-refractivity contribution in [2.75, 3.05) is 17.7 Å². The van der Waals surface area contributed by atoms with Gasteiger partial charge in [0.2, 0.25) is 11.8 Å². The third-order valence-corrected chi connectivity index (χ3v) is 8.65. The molecule has 2 amide bonds. The van der Waals surface area contributed by atoms with E-state index in [0.29, 0.717) is 16.5 Å². The maximum atomic E-state index is 12.9. The highest BCUT2D eigenvalue weighted by Gasteiger charge is 2.35. The number of hydrogen-bond acceptors (Lipinski definition) is 6. The zero-order chi connectivity index (χ0) is 23.0. The van der Waals surface area contributed by atoms with Crippen LogP contribution in [0.25, 0.3) is 0 Å². The summed E-state index contributed by atoms with van der Waals surface area (Å²) in [5.74, 6) is -0.375. The standard InChI is InChI=1S/C24H28N2O4S2/c1-24(2,3)13-9-10-14-17(11-13)32-22(20(14)23(29)30-4)26-19(27)12-18-21(28)25-15-7-5-6-8-16(15)31-18/h5-8,13,18H,9-12H2,1-4H3,(H,25,28)(H,26,27). The Morgan fingerprint density at radius 1 is 1.25 bits per heavy atom. The minimum absolute atomic E-state index is 0.0264. The molecule has 2 unspecified atom stereocenters. The van der Waals surface area contributed by atoms with Crippen LogP contribution in [0.1, 0.15) is 54.4 Å². The SMILES string of the molecule is COC(=O)c1c(NC(=O)CC2Sc3ccccc3NC2=O)sc2c1CCC(C(C)(C)C)C2.